The summed E-state index contributed by atoms with van der Waals surface area (Å²) in [5.74, 6) is -0.0115. The minimum Gasteiger partial charge on any atom is -0.323 e. The number of amides is 1. The number of aromatic nitrogens is 3. The van der Waals surface area contributed by atoms with Crippen LogP contribution in [0.25, 0.3) is 5.69 Å². The Morgan fingerprint density at radius 1 is 1.45 bits per heavy atom. The summed E-state index contributed by atoms with van der Waals surface area (Å²) in [6.45, 7) is 2.82. The maximum absolute atomic E-state index is 12.4. The molecule has 6 nitrogen and oxygen atoms in total. The highest BCUT2D eigenvalue weighted by Crippen LogP contribution is 2.24. The molecule has 1 fully saturated rings. The van der Waals surface area contributed by atoms with E-state index in [4.69, 9.17) is 0 Å². The monoisotopic (exact) mass is 271 g/mol. The summed E-state index contributed by atoms with van der Waals surface area (Å²) < 4.78 is 1.64. The number of benzene rings is 1. The Morgan fingerprint density at radius 2 is 2.30 bits per heavy atom. The Morgan fingerprint density at radius 3 is 3.00 bits per heavy atom. The fraction of sp³-hybridized carbons (Fsp3) is 0.357. The second kappa shape index (κ2) is 5.05. The van der Waals surface area contributed by atoms with Crippen molar-refractivity contribution in [3.8, 4) is 5.69 Å². The first-order valence-electron chi connectivity index (χ1n) is 6.71. The van der Waals surface area contributed by atoms with Crippen molar-refractivity contribution in [3.63, 3.8) is 0 Å². The molecule has 104 valence electrons. The lowest BCUT2D eigenvalue weighted by Gasteiger charge is -2.23. The van der Waals surface area contributed by atoms with E-state index in [2.05, 4.69) is 20.9 Å². The normalized spacial score (nSPS) is 21.9. The Hall–Kier alpha value is -2.21. The highest BCUT2D eigenvalue weighted by Gasteiger charge is 2.36. The molecular weight excluding hydrogens is 254 g/mol. The molecule has 2 aromatic rings. The Bertz CT molecular complexity index is 602. The standard InChI is InChI=1S/C14H17N5O/c1-14(7-4-8-15-14)13(20)17-11-5-2-3-6-12(11)19-10-9-16-18-19/h2-3,5-6,9-10,15H,4,7-8H2,1H3,(H,17,20). The summed E-state index contributed by atoms with van der Waals surface area (Å²) in [7, 11) is 0. The summed E-state index contributed by atoms with van der Waals surface area (Å²) in [6, 6.07) is 7.56. The maximum Gasteiger partial charge on any atom is 0.244 e. The minimum absolute atomic E-state index is 0.0115. The number of carbonyl (C=O) groups excluding carboxylic acids is 1. The number of carbonyl (C=O) groups is 1. The van der Waals surface area contributed by atoms with Gasteiger partial charge in [-0.2, -0.15) is 0 Å². The molecule has 2 N–H and O–H groups in total. The van der Waals surface area contributed by atoms with Crippen LogP contribution in [0.2, 0.25) is 0 Å². The zero-order chi connectivity index (χ0) is 14.0. The van der Waals surface area contributed by atoms with Gasteiger partial charge >= 0.3 is 0 Å². The van der Waals surface area contributed by atoms with Gasteiger partial charge in [-0.15, -0.1) is 5.10 Å². The van der Waals surface area contributed by atoms with Gasteiger partial charge in [0.05, 0.1) is 29.3 Å². The van der Waals surface area contributed by atoms with Crippen LogP contribution < -0.4 is 10.6 Å². The van der Waals surface area contributed by atoms with Gasteiger partial charge in [0.1, 0.15) is 0 Å². The van der Waals surface area contributed by atoms with Crippen LogP contribution in [0.5, 0.6) is 0 Å². The molecular formula is C14H17N5O. The quantitative estimate of drug-likeness (QED) is 0.884. The minimum atomic E-state index is -0.491. The average Bonchev–Trinajstić information content (AvgIpc) is 3.11. The van der Waals surface area contributed by atoms with Crippen molar-refractivity contribution < 1.29 is 4.79 Å². The van der Waals surface area contributed by atoms with Crippen LogP contribution in [0, 0.1) is 0 Å². The largest absolute Gasteiger partial charge is 0.323 e. The van der Waals surface area contributed by atoms with E-state index in [-0.39, 0.29) is 5.91 Å². The van der Waals surface area contributed by atoms with E-state index in [1.165, 1.54) is 0 Å². The predicted octanol–water partition coefficient (Wildman–Crippen LogP) is 1.35. The van der Waals surface area contributed by atoms with Crippen molar-refractivity contribution in [1.29, 1.82) is 0 Å². The number of anilines is 1. The second-order valence-corrected chi connectivity index (χ2v) is 5.18. The van der Waals surface area contributed by atoms with Crippen molar-refractivity contribution >= 4 is 11.6 Å². The summed E-state index contributed by atoms with van der Waals surface area (Å²) in [4.78, 5) is 12.4. The Balaban J connectivity index is 1.86. The number of hydrogen-bond donors (Lipinski definition) is 2. The summed E-state index contributed by atoms with van der Waals surface area (Å²) in [5, 5.41) is 14.0. The Labute approximate surface area is 117 Å². The number of rotatable bonds is 3. The van der Waals surface area contributed by atoms with Crippen molar-refractivity contribution in [2.75, 3.05) is 11.9 Å². The number of hydrogen-bond acceptors (Lipinski definition) is 4. The highest BCUT2D eigenvalue weighted by molar-refractivity contribution is 5.99. The number of para-hydroxylation sites is 2. The van der Waals surface area contributed by atoms with Crippen LogP contribution in [0.15, 0.2) is 36.7 Å². The molecule has 0 spiro atoms. The van der Waals surface area contributed by atoms with Crippen molar-refractivity contribution in [3.05, 3.63) is 36.7 Å². The molecule has 6 heteroatoms. The van der Waals surface area contributed by atoms with Crippen molar-refractivity contribution in [2.45, 2.75) is 25.3 Å². The Kier molecular flexibility index (Phi) is 3.23. The van der Waals surface area contributed by atoms with Gasteiger partial charge in [-0.05, 0) is 38.4 Å². The molecule has 1 aliphatic rings. The lowest BCUT2D eigenvalue weighted by Crippen LogP contribution is -2.48. The lowest BCUT2D eigenvalue weighted by atomic mass is 9.99. The van der Waals surface area contributed by atoms with Crippen LogP contribution in [0.4, 0.5) is 5.69 Å². The van der Waals surface area contributed by atoms with E-state index >= 15 is 0 Å². The fourth-order valence-corrected chi connectivity index (χ4v) is 2.46. The summed E-state index contributed by atoms with van der Waals surface area (Å²) >= 11 is 0. The lowest BCUT2D eigenvalue weighted by molar-refractivity contribution is -0.121. The second-order valence-electron chi connectivity index (χ2n) is 5.18. The SMILES string of the molecule is CC1(C(=O)Nc2ccccc2-n2ccnn2)CCCN1. The van der Waals surface area contributed by atoms with E-state index in [1.807, 2.05) is 31.2 Å². The first kappa shape index (κ1) is 12.8. The van der Waals surface area contributed by atoms with Crippen LogP contribution in [-0.2, 0) is 4.79 Å². The first-order valence-corrected chi connectivity index (χ1v) is 6.71. The average molecular weight is 271 g/mol. The third-order valence-corrected chi connectivity index (χ3v) is 3.69. The van der Waals surface area contributed by atoms with Gasteiger partial charge < -0.3 is 10.6 Å². The molecule has 2 heterocycles. The van der Waals surface area contributed by atoms with E-state index in [1.54, 1.807) is 17.1 Å². The van der Waals surface area contributed by atoms with Crippen LogP contribution in [0.3, 0.4) is 0 Å². The fourth-order valence-electron chi connectivity index (χ4n) is 2.46. The molecule has 0 aliphatic carbocycles. The van der Waals surface area contributed by atoms with E-state index in [0.717, 1.165) is 30.8 Å². The van der Waals surface area contributed by atoms with E-state index in [0.29, 0.717) is 0 Å². The number of nitrogens with one attached hydrogen (secondary N) is 2. The van der Waals surface area contributed by atoms with E-state index < -0.39 is 5.54 Å². The maximum atomic E-state index is 12.4. The van der Waals surface area contributed by atoms with E-state index in [9.17, 15) is 4.79 Å². The summed E-state index contributed by atoms with van der Waals surface area (Å²) in [6.07, 6.45) is 5.23. The van der Waals surface area contributed by atoms with Gasteiger partial charge in [0, 0.05) is 0 Å². The molecule has 20 heavy (non-hydrogen) atoms. The van der Waals surface area contributed by atoms with Gasteiger partial charge in [0.25, 0.3) is 0 Å². The van der Waals surface area contributed by atoms with Crippen LogP contribution >= 0.6 is 0 Å². The predicted molar refractivity (Wildman–Crippen MR) is 75.6 cm³/mol. The van der Waals surface area contributed by atoms with Crippen molar-refractivity contribution in [2.24, 2.45) is 0 Å². The van der Waals surface area contributed by atoms with Crippen LogP contribution in [0.1, 0.15) is 19.8 Å². The smallest absolute Gasteiger partial charge is 0.244 e. The first-order chi connectivity index (χ1) is 9.69. The van der Waals surface area contributed by atoms with Gasteiger partial charge in [-0.3, -0.25) is 4.79 Å². The summed E-state index contributed by atoms with van der Waals surface area (Å²) in [5.41, 5.74) is 1.05. The number of nitrogens with zero attached hydrogens (tertiary/aromatic N) is 3. The van der Waals surface area contributed by atoms with Gasteiger partial charge in [-0.25, -0.2) is 4.68 Å². The van der Waals surface area contributed by atoms with Gasteiger partial charge in [0.2, 0.25) is 5.91 Å². The third kappa shape index (κ3) is 2.30. The third-order valence-electron chi connectivity index (χ3n) is 3.69. The highest BCUT2D eigenvalue weighted by atomic mass is 16.2. The molecule has 1 aromatic carbocycles. The molecule has 0 saturated carbocycles. The molecule has 1 aliphatic heterocycles. The topological polar surface area (TPSA) is 71.8 Å². The molecule has 1 amide bonds. The molecule has 1 aromatic heterocycles. The zero-order valence-electron chi connectivity index (χ0n) is 11.3. The zero-order valence-corrected chi connectivity index (χ0v) is 11.3. The molecule has 0 radical (unpaired) electrons. The van der Waals surface area contributed by atoms with Crippen molar-refractivity contribution in [1.82, 2.24) is 20.3 Å². The molecule has 1 unspecified atom stereocenters. The van der Waals surface area contributed by atoms with Crippen LogP contribution in [-0.4, -0.2) is 33.0 Å². The van der Waals surface area contributed by atoms with Gasteiger partial charge in [-0.1, -0.05) is 17.3 Å². The van der Waals surface area contributed by atoms with Gasteiger partial charge in [0.15, 0.2) is 0 Å². The molecule has 3 rings (SSSR count). The molecule has 1 saturated heterocycles. The molecule has 0 bridgehead atoms. The molecule has 1 atom stereocenters.